The molecule has 3 heteroatoms. The van der Waals surface area contributed by atoms with Crippen LogP contribution in [-0.2, 0) is 0 Å². The van der Waals surface area contributed by atoms with E-state index >= 15 is 0 Å². The Hall–Kier alpha value is -0.760. The quantitative estimate of drug-likeness (QED) is 0.719. The van der Waals surface area contributed by atoms with Gasteiger partial charge >= 0.3 is 0 Å². The van der Waals surface area contributed by atoms with Crippen LogP contribution in [0.4, 0.5) is 5.69 Å². The van der Waals surface area contributed by atoms with Crippen molar-refractivity contribution in [2.75, 3.05) is 19.0 Å². The first-order chi connectivity index (χ1) is 6.95. The molecule has 0 aromatic carbocycles. The van der Waals surface area contributed by atoms with Crippen molar-refractivity contribution >= 4 is 5.69 Å². The van der Waals surface area contributed by atoms with Gasteiger partial charge in [-0.3, -0.25) is 0 Å². The Bertz CT molecular complexity index is 306. The van der Waals surface area contributed by atoms with Crippen molar-refractivity contribution in [3.63, 3.8) is 0 Å². The van der Waals surface area contributed by atoms with Crippen LogP contribution in [0, 0.1) is 0 Å². The van der Waals surface area contributed by atoms with Crippen molar-refractivity contribution in [3.05, 3.63) is 23.5 Å². The average Bonchev–Trinajstić information content (AvgIpc) is 2.16. The highest BCUT2D eigenvalue weighted by atomic mass is 35.5. The van der Waals surface area contributed by atoms with E-state index < -0.39 is 0 Å². The van der Waals surface area contributed by atoms with E-state index in [0.29, 0.717) is 11.8 Å². The van der Waals surface area contributed by atoms with Crippen molar-refractivity contribution in [2.45, 2.75) is 39.5 Å². The molecule has 0 amide bonds. The summed E-state index contributed by atoms with van der Waals surface area (Å²) in [6.07, 6.45) is 4.23. The second-order valence-corrected chi connectivity index (χ2v) is 4.92. The fourth-order valence-corrected chi connectivity index (χ4v) is 1.92. The molecule has 0 aliphatic rings. The first-order valence-electron chi connectivity index (χ1n) is 5.66. The molecule has 0 saturated carbocycles. The summed E-state index contributed by atoms with van der Waals surface area (Å²) >= 11 is 0. The maximum Gasteiger partial charge on any atom is 0.172 e. The number of H-pyrrole nitrogens is 1. The maximum absolute atomic E-state index is 3.26. The predicted octanol–water partition coefficient (Wildman–Crippen LogP) is -0.182. The van der Waals surface area contributed by atoms with Gasteiger partial charge in [0, 0.05) is 25.2 Å². The van der Waals surface area contributed by atoms with Gasteiger partial charge in [0.1, 0.15) is 0 Å². The summed E-state index contributed by atoms with van der Waals surface area (Å²) < 4.78 is 0. The van der Waals surface area contributed by atoms with Crippen molar-refractivity contribution < 1.29 is 17.4 Å². The van der Waals surface area contributed by atoms with Gasteiger partial charge in [-0.2, -0.15) is 0 Å². The van der Waals surface area contributed by atoms with E-state index in [0.717, 1.165) is 0 Å². The van der Waals surface area contributed by atoms with Gasteiger partial charge in [0.15, 0.2) is 12.4 Å². The van der Waals surface area contributed by atoms with Gasteiger partial charge in [-0.05, 0) is 11.8 Å². The van der Waals surface area contributed by atoms with E-state index in [4.69, 9.17) is 0 Å². The van der Waals surface area contributed by atoms with Gasteiger partial charge in [-0.15, -0.1) is 0 Å². The zero-order valence-corrected chi connectivity index (χ0v) is 11.9. The maximum atomic E-state index is 3.26. The normalized spacial score (nSPS) is 10.5. The summed E-state index contributed by atoms with van der Waals surface area (Å²) in [6, 6.07) is 0. The molecule has 0 radical (unpaired) electrons. The number of nitrogens with zero attached hydrogens (tertiary/aromatic N) is 1. The largest absolute Gasteiger partial charge is 1.00 e. The van der Waals surface area contributed by atoms with Crippen LogP contribution in [0.5, 0.6) is 0 Å². The fraction of sp³-hybridized carbons (Fsp3) is 0.615. The Morgan fingerprint density at radius 1 is 0.938 bits per heavy atom. The topological polar surface area (TPSA) is 17.4 Å². The van der Waals surface area contributed by atoms with Crippen LogP contribution in [0.3, 0.4) is 0 Å². The Kier molecular flexibility index (Phi) is 5.80. The zero-order valence-electron chi connectivity index (χ0n) is 11.1. The van der Waals surface area contributed by atoms with E-state index in [1.807, 2.05) is 0 Å². The monoisotopic (exact) mass is 242 g/mol. The minimum Gasteiger partial charge on any atom is -1.00 e. The highest BCUT2D eigenvalue weighted by Crippen LogP contribution is 2.32. The van der Waals surface area contributed by atoms with Crippen LogP contribution >= 0.6 is 0 Å². The van der Waals surface area contributed by atoms with Crippen LogP contribution in [0.15, 0.2) is 12.4 Å². The Morgan fingerprint density at radius 2 is 1.31 bits per heavy atom. The standard InChI is InChI=1S/C13H22N2.ClH/c1-9(2)11-7-14-8-12(10(3)4)13(11)15(5)6;/h7-10H,1-6H3;1H. The summed E-state index contributed by atoms with van der Waals surface area (Å²) in [4.78, 5) is 5.48. The molecule has 0 saturated heterocycles. The molecule has 0 atom stereocenters. The summed E-state index contributed by atoms with van der Waals surface area (Å²) in [6.45, 7) is 8.95. The summed E-state index contributed by atoms with van der Waals surface area (Å²) in [7, 11) is 4.24. The van der Waals surface area contributed by atoms with E-state index in [1.165, 1.54) is 16.8 Å². The lowest BCUT2D eigenvalue weighted by Gasteiger charge is -2.22. The van der Waals surface area contributed by atoms with Crippen molar-refractivity contribution in [1.82, 2.24) is 0 Å². The van der Waals surface area contributed by atoms with E-state index in [1.54, 1.807) is 0 Å². The lowest BCUT2D eigenvalue weighted by atomic mass is 9.95. The molecule has 92 valence electrons. The summed E-state index contributed by atoms with van der Waals surface area (Å²) in [5.41, 5.74) is 4.16. The van der Waals surface area contributed by atoms with Crippen LogP contribution in [0.2, 0.25) is 0 Å². The number of halogens is 1. The minimum atomic E-state index is 0. The van der Waals surface area contributed by atoms with E-state index in [9.17, 15) is 0 Å². The second kappa shape index (κ2) is 6.09. The molecule has 16 heavy (non-hydrogen) atoms. The third kappa shape index (κ3) is 3.11. The first kappa shape index (κ1) is 15.2. The summed E-state index contributed by atoms with van der Waals surface area (Å²) in [5, 5.41) is 0. The Labute approximate surface area is 105 Å². The van der Waals surface area contributed by atoms with Crippen molar-refractivity contribution in [2.24, 2.45) is 0 Å². The van der Waals surface area contributed by atoms with Crippen LogP contribution in [0.25, 0.3) is 0 Å². The smallest absolute Gasteiger partial charge is 0.172 e. The molecule has 0 aliphatic heterocycles. The molecular weight excluding hydrogens is 220 g/mol. The Morgan fingerprint density at radius 3 is 1.56 bits per heavy atom. The Balaban J connectivity index is 0.00000225. The molecule has 2 nitrogen and oxygen atoms in total. The van der Waals surface area contributed by atoms with Crippen LogP contribution < -0.4 is 22.3 Å². The molecule has 0 bridgehead atoms. The van der Waals surface area contributed by atoms with E-state index in [2.05, 4.69) is 64.1 Å². The van der Waals surface area contributed by atoms with Crippen molar-refractivity contribution in [3.8, 4) is 0 Å². The van der Waals surface area contributed by atoms with Crippen LogP contribution in [0.1, 0.15) is 50.7 Å². The highest BCUT2D eigenvalue weighted by molar-refractivity contribution is 5.58. The molecule has 0 spiro atoms. The molecule has 1 aromatic heterocycles. The van der Waals surface area contributed by atoms with E-state index in [-0.39, 0.29) is 12.4 Å². The molecule has 0 aliphatic carbocycles. The number of nitrogens with one attached hydrogen (secondary N) is 1. The number of hydrogen-bond donors (Lipinski definition) is 0. The first-order valence-corrected chi connectivity index (χ1v) is 5.66. The molecule has 0 unspecified atom stereocenters. The number of rotatable bonds is 3. The molecule has 1 N–H and O–H groups in total. The molecule has 1 aromatic rings. The van der Waals surface area contributed by atoms with Gasteiger partial charge in [0.05, 0.1) is 5.69 Å². The van der Waals surface area contributed by atoms with Crippen LogP contribution in [-0.4, -0.2) is 14.1 Å². The minimum absolute atomic E-state index is 0. The number of pyridine rings is 1. The second-order valence-electron chi connectivity index (χ2n) is 4.92. The number of anilines is 1. The fourth-order valence-electron chi connectivity index (χ4n) is 1.92. The van der Waals surface area contributed by atoms with Gasteiger partial charge in [0.2, 0.25) is 0 Å². The molecule has 1 heterocycles. The SMILES string of the molecule is CC(C)c1c[nH+]cc(C(C)C)c1N(C)C.[Cl-]. The van der Waals surface area contributed by atoms with Gasteiger partial charge in [-0.1, -0.05) is 27.7 Å². The molecular formula is C13H23ClN2. The third-order valence-electron chi connectivity index (χ3n) is 2.72. The number of aromatic nitrogens is 1. The lowest BCUT2D eigenvalue weighted by Crippen LogP contribution is -3.00. The lowest BCUT2D eigenvalue weighted by molar-refractivity contribution is -0.379. The molecule has 0 fully saturated rings. The third-order valence-corrected chi connectivity index (χ3v) is 2.72. The number of hydrogen-bond acceptors (Lipinski definition) is 1. The van der Waals surface area contributed by atoms with Gasteiger partial charge in [0.25, 0.3) is 0 Å². The highest BCUT2D eigenvalue weighted by Gasteiger charge is 2.18. The summed E-state index contributed by atoms with van der Waals surface area (Å²) in [5.74, 6) is 1.11. The van der Waals surface area contributed by atoms with Crippen molar-refractivity contribution in [1.29, 1.82) is 0 Å². The average molecular weight is 243 g/mol. The van der Waals surface area contributed by atoms with Gasteiger partial charge in [-0.25, -0.2) is 4.98 Å². The zero-order chi connectivity index (χ0) is 11.6. The predicted molar refractivity (Wildman–Crippen MR) is 65.5 cm³/mol. The number of aromatic amines is 1. The van der Waals surface area contributed by atoms with Gasteiger partial charge < -0.3 is 17.3 Å². The molecule has 1 rings (SSSR count).